The molecule has 1 amide bonds. The molecule has 0 radical (unpaired) electrons. The number of fused-ring (bicyclic) bond motifs is 1. The lowest BCUT2D eigenvalue weighted by atomic mass is 10.0. The number of benzene rings is 2. The first-order chi connectivity index (χ1) is 10.5. The third-order valence-corrected chi connectivity index (χ3v) is 3.39. The minimum Gasteiger partial charge on any atom is -0.370 e. The molecular formula is C16H15N5O. The normalized spacial score (nSPS) is 10.6. The van der Waals surface area contributed by atoms with E-state index in [0.29, 0.717) is 5.56 Å². The van der Waals surface area contributed by atoms with Crippen LogP contribution in [0.5, 0.6) is 0 Å². The topological polar surface area (TPSA) is 96.8 Å². The molecular weight excluding hydrogens is 278 g/mol. The standard InChI is InChI=1S/C16H15N5O/c1-21-9-14(8-19-21)12-3-2-11-7-13(5-4-10(11)6-12)15(22)20-16(17)18/h2-9H,1H3,(H4,17,18,20,22). The SMILES string of the molecule is Cn1cc(-c2ccc3cc(C(=O)NC(=N)N)ccc3c2)cn1. The Morgan fingerprint density at radius 1 is 1.18 bits per heavy atom. The minimum atomic E-state index is -0.384. The van der Waals surface area contributed by atoms with Gasteiger partial charge in [-0.15, -0.1) is 0 Å². The highest BCUT2D eigenvalue weighted by atomic mass is 16.1. The first kappa shape index (κ1) is 13.8. The van der Waals surface area contributed by atoms with Crippen LogP contribution in [-0.4, -0.2) is 21.6 Å². The number of hydrogen-bond acceptors (Lipinski definition) is 3. The predicted molar refractivity (Wildman–Crippen MR) is 85.5 cm³/mol. The highest BCUT2D eigenvalue weighted by molar-refractivity contribution is 6.06. The van der Waals surface area contributed by atoms with Gasteiger partial charge in [0.1, 0.15) is 0 Å². The van der Waals surface area contributed by atoms with Crippen molar-refractivity contribution in [1.29, 1.82) is 5.41 Å². The first-order valence-corrected chi connectivity index (χ1v) is 6.71. The van der Waals surface area contributed by atoms with E-state index in [2.05, 4.69) is 16.5 Å². The molecule has 6 heteroatoms. The summed E-state index contributed by atoms with van der Waals surface area (Å²) < 4.78 is 1.76. The number of carbonyl (C=O) groups excluding carboxylic acids is 1. The molecule has 2 aromatic carbocycles. The Morgan fingerprint density at radius 3 is 2.59 bits per heavy atom. The lowest BCUT2D eigenvalue weighted by Crippen LogP contribution is -2.35. The van der Waals surface area contributed by atoms with Crippen LogP contribution in [-0.2, 0) is 7.05 Å². The molecule has 4 N–H and O–H groups in total. The van der Waals surface area contributed by atoms with Crippen LogP contribution in [0.4, 0.5) is 0 Å². The predicted octanol–water partition coefficient (Wildman–Crippen LogP) is 1.86. The van der Waals surface area contributed by atoms with Gasteiger partial charge in [-0.25, -0.2) is 0 Å². The second-order valence-electron chi connectivity index (χ2n) is 5.05. The van der Waals surface area contributed by atoms with E-state index in [1.807, 2.05) is 37.6 Å². The van der Waals surface area contributed by atoms with Gasteiger partial charge < -0.3 is 5.73 Å². The molecule has 110 valence electrons. The maximum Gasteiger partial charge on any atom is 0.257 e. The lowest BCUT2D eigenvalue weighted by Gasteiger charge is -2.06. The van der Waals surface area contributed by atoms with Gasteiger partial charge in [0.25, 0.3) is 5.91 Å². The van der Waals surface area contributed by atoms with Crippen LogP contribution in [0.1, 0.15) is 10.4 Å². The zero-order valence-corrected chi connectivity index (χ0v) is 12.0. The van der Waals surface area contributed by atoms with Crippen molar-refractivity contribution < 1.29 is 4.79 Å². The van der Waals surface area contributed by atoms with E-state index in [0.717, 1.165) is 21.9 Å². The molecule has 3 rings (SSSR count). The average molecular weight is 293 g/mol. The van der Waals surface area contributed by atoms with E-state index in [4.69, 9.17) is 11.1 Å². The van der Waals surface area contributed by atoms with Crippen molar-refractivity contribution in [1.82, 2.24) is 15.1 Å². The largest absolute Gasteiger partial charge is 0.370 e. The van der Waals surface area contributed by atoms with Crippen molar-refractivity contribution in [2.75, 3.05) is 0 Å². The number of nitrogens with two attached hydrogens (primary N) is 1. The summed E-state index contributed by atoms with van der Waals surface area (Å²) in [5.74, 6) is -0.747. The molecule has 3 aromatic rings. The van der Waals surface area contributed by atoms with Gasteiger partial charge in [-0.1, -0.05) is 18.2 Å². The van der Waals surface area contributed by atoms with Gasteiger partial charge in [-0.05, 0) is 34.5 Å². The number of aromatic nitrogens is 2. The van der Waals surface area contributed by atoms with Gasteiger partial charge in [-0.2, -0.15) is 5.10 Å². The van der Waals surface area contributed by atoms with Crippen molar-refractivity contribution in [3.63, 3.8) is 0 Å². The Hall–Kier alpha value is -3.15. The number of amides is 1. The van der Waals surface area contributed by atoms with Crippen molar-refractivity contribution in [2.24, 2.45) is 12.8 Å². The number of rotatable bonds is 2. The molecule has 1 heterocycles. The van der Waals surface area contributed by atoms with Crippen LogP contribution in [0, 0.1) is 5.41 Å². The molecule has 0 saturated carbocycles. The number of aryl methyl sites for hydroxylation is 1. The molecule has 0 aliphatic heterocycles. The summed E-state index contributed by atoms with van der Waals surface area (Å²) in [4.78, 5) is 11.8. The molecule has 1 aromatic heterocycles. The maximum absolute atomic E-state index is 11.8. The van der Waals surface area contributed by atoms with Crippen LogP contribution < -0.4 is 11.1 Å². The van der Waals surface area contributed by atoms with Gasteiger partial charge in [-0.3, -0.25) is 20.2 Å². The van der Waals surface area contributed by atoms with Gasteiger partial charge in [0.05, 0.1) is 6.20 Å². The second kappa shape index (κ2) is 5.33. The van der Waals surface area contributed by atoms with Crippen molar-refractivity contribution in [3.8, 4) is 11.1 Å². The Labute approximate surface area is 127 Å². The molecule has 0 atom stereocenters. The van der Waals surface area contributed by atoms with Gasteiger partial charge in [0.15, 0.2) is 5.96 Å². The monoisotopic (exact) mass is 293 g/mol. The molecule has 0 aliphatic carbocycles. The average Bonchev–Trinajstić information content (AvgIpc) is 2.92. The minimum absolute atomic E-state index is 0.364. The summed E-state index contributed by atoms with van der Waals surface area (Å²) in [6.45, 7) is 0. The second-order valence-corrected chi connectivity index (χ2v) is 5.05. The molecule has 0 aliphatic rings. The summed E-state index contributed by atoms with van der Waals surface area (Å²) in [6.07, 6.45) is 3.77. The Balaban J connectivity index is 1.98. The Kier molecular flexibility index (Phi) is 3.34. The Morgan fingerprint density at radius 2 is 1.91 bits per heavy atom. The first-order valence-electron chi connectivity index (χ1n) is 6.71. The van der Waals surface area contributed by atoms with Crippen LogP contribution in [0.15, 0.2) is 48.8 Å². The fourth-order valence-electron chi connectivity index (χ4n) is 2.33. The molecule has 0 fully saturated rings. The molecule has 0 bridgehead atoms. The van der Waals surface area contributed by atoms with Crippen molar-refractivity contribution in [2.45, 2.75) is 0 Å². The van der Waals surface area contributed by atoms with E-state index >= 15 is 0 Å². The molecule has 0 saturated heterocycles. The van der Waals surface area contributed by atoms with E-state index in [-0.39, 0.29) is 11.9 Å². The zero-order chi connectivity index (χ0) is 15.7. The third kappa shape index (κ3) is 2.67. The van der Waals surface area contributed by atoms with E-state index in [1.165, 1.54) is 0 Å². The van der Waals surface area contributed by atoms with Gasteiger partial charge >= 0.3 is 0 Å². The Bertz CT molecular complexity index is 881. The zero-order valence-electron chi connectivity index (χ0n) is 12.0. The third-order valence-electron chi connectivity index (χ3n) is 3.39. The smallest absolute Gasteiger partial charge is 0.257 e. The molecule has 22 heavy (non-hydrogen) atoms. The number of guanidine groups is 1. The molecule has 0 unspecified atom stereocenters. The summed E-state index contributed by atoms with van der Waals surface area (Å²) >= 11 is 0. The lowest BCUT2D eigenvalue weighted by molar-refractivity contribution is 0.0976. The highest BCUT2D eigenvalue weighted by Crippen LogP contribution is 2.24. The van der Waals surface area contributed by atoms with Crippen LogP contribution in [0.2, 0.25) is 0 Å². The van der Waals surface area contributed by atoms with E-state index in [1.54, 1.807) is 16.8 Å². The fraction of sp³-hybridized carbons (Fsp3) is 0.0625. The summed E-state index contributed by atoms with van der Waals surface area (Å²) in [5, 5.41) is 15.5. The summed E-state index contributed by atoms with van der Waals surface area (Å²) in [6, 6.07) is 11.4. The van der Waals surface area contributed by atoms with Crippen LogP contribution in [0.25, 0.3) is 21.9 Å². The van der Waals surface area contributed by atoms with Crippen LogP contribution in [0.3, 0.4) is 0 Å². The van der Waals surface area contributed by atoms with Crippen LogP contribution >= 0.6 is 0 Å². The highest BCUT2D eigenvalue weighted by Gasteiger charge is 2.08. The van der Waals surface area contributed by atoms with Gasteiger partial charge in [0, 0.05) is 24.4 Å². The number of hydrogen-bond donors (Lipinski definition) is 3. The number of carbonyl (C=O) groups is 1. The van der Waals surface area contributed by atoms with Crippen molar-refractivity contribution in [3.05, 3.63) is 54.4 Å². The molecule has 0 spiro atoms. The maximum atomic E-state index is 11.8. The summed E-state index contributed by atoms with van der Waals surface area (Å²) in [7, 11) is 1.88. The number of nitrogens with one attached hydrogen (secondary N) is 2. The summed E-state index contributed by atoms with van der Waals surface area (Å²) in [5.41, 5.74) is 7.76. The van der Waals surface area contributed by atoms with E-state index < -0.39 is 0 Å². The van der Waals surface area contributed by atoms with Crippen molar-refractivity contribution >= 4 is 22.6 Å². The number of nitrogens with zero attached hydrogens (tertiary/aromatic N) is 2. The van der Waals surface area contributed by atoms with E-state index in [9.17, 15) is 4.79 Å². The molecule has 6 nitrogen and oxygen atoms in total. The quantitative estimate of drug-likeness (QED) is 0.497. The van der Waals surface area contributed by atoms with Gasteiger partial charge in [0.2, 0.25) is 0 Å². The fourth-order valence-corrected chi connectivity index (χ4v) is 2.33.